The van der Waals surface area contributed by atoms with Crippen LogP contribution < -0.4 is 5.32 Å². The molecule has 1 atom stereocenters. The first-order valence-corrected chi connectivity index (χ1v) is 8.73. The molecule has 1 N–H and O–H groups in total. The molecule has 3 heterocycles. The average Bonchev–Trinajstić information content (AvgIpc) is 2.50. The van der Waals surface area contributed by atoms with Gasteiger partial charge in [-0.25, -0.2) is 4.79 Å². The van der Waals surface area contributed by atoms with E-state index in [1.165, 1.54) is 33.0 Å². The van der Waals surface area contributed by atoms with Gasteiger partial charge in [0.2, 0.25) is 0 Å². The SMILES string of the molecule is COC(=O)c1cc(Br)cc(Br)c1NC1CN2CCC1CC2. The van der Waals surface area contributed by atoms with Gasteiger partial charge in [0.05, 0.1) is 18.4 Å². The van der Waals surface area contributed by atoms with Crippen LogP contribution >= 0.6 is 31.9 Å². The number of carbonyl (C=O) groups excluding carboxylic acids is 1. The van der Waals surface area contributed by atoms with Gasteiger partial charge in [-0.15, -0.1) is 0 Å². The summed E-state index contributed by atoms with van der Waals surface area (Å²) in [6.45, 7) is 3.45. The Bertz CT molecular complexity index is 557. The first-order valence-electron chi connectivity index (χ1n) is 7.14. The Morgan fingerprint density at radius 2 is 2.05 bits per heavy atom. The van der Waals surface area contributed by atoms with E-state index < -0.39 is 0 Å². The highest BCUT2D eigenvalue weighted by atomic mass is 79.9. The van der Waals surface area contributed by atoms with Gasteiger partial charge in [-0.05, 0) is 59.9 Å². The molecule has 4 nitrogen and oxygen atoms in total. The number of fused-ring (bicyclic) bond motifs is 3. The lowest BCUT2D eigenvalue weighted by Gasteiger charge is -2.45. The van der Waals surface area contributed by atoms with Gasteiger partial charge in [0.25, 0.3) is 0 Å². The number of esters is 1. The topological polar surface area (TPSA) is 41.6 Å². The summed E-state index contributed by atoms with van der Waals surface area (Å²) in [6.07, 6.45) is 2.47. The highest BCUT2D eigenvalue weighted by Gasteiger charge is 2.34. The number of methoxy groups -OCH3 is 1. The summed E-state index contributed by atoms with van der Waals surface area (Å²) in [4.78, 5) is 14.5. The lowest BCUT2D eigenvalue weighted by Crippen LogP contribution is -2.53. The molecule has 114 valence electrons. The van der Waals surface area contributed by atoms with Crippen molar-refractivity contribution in [1.82, 2.24) is 4.90 Å². The molecule has 1 aromatic carbocycles. The van der Waals surface area contributed by atoms with E-state index in [-0.39, 0.29) is 5.97 Å². The highest BCUT2D eigenvalue weighted by molar-refractivity contribution is 9.11. The number of ether oxygens (including phenoxy) is 1. The van der Waals surface area contributed by atoms with Crippen LogP contribution in [0.4, 0.5) is 5.69 Å². The van der Waals surface area contributed by atoms with Crippen molar-refractivity contribution in [1.29, 1.82) is 0 Å². The second-order valence-corrected chi connectivity index (χ2v) is 7.46. The van der Waals surface area contributed by atoms with Crippen LogP contribution in [0.15, 0.2) is 21.1 Å². The normalized spacial score (nSPS) is 27.5. The Morgan fingerprint density at radius 3 is 2.62 bits per heavy atom. The van der Waals surface area contributed by atoms with Crippen molar-refractivity contribution < 1.29 is 9.53 Å². The fraction of sp³-hybridized carbons (Fsp3) is 0.533. The molecule has 0 saturated carbocycles. The Labute approximate surface area is 141 Å². The third-order valence-electron chi connectivity index (χ3n) is 4.45. The number of anilines is 1. The number of nitrogens with one attached hydrogen (secondary N) is 1. The van der Waals surface area contributed by atoms with Crippen LogP contribution in [-0.2, 0) is 4.74 Å². The van der Waals surface area contributed by atoms with Crippen LogP contribution in [0.5, 0.6) is 0 Å². The van der Waals surface area contributed by atoms with Gasteiger partial charge in [0.1, 0.15) is 0 Å². The maximum atomic E-state index is 12.0. The molecular formula is C15H18Br2N2O2. The van der Waals surface area contributed by atoms with Crippen LogP contribution in [0.1, 0.15) is 23.2 Å². The molecule has 1 aromatic rings. The number of hydrogen-bond donors (Lipinski definition) is 1. The van der Waals surface area contributed by atoms with E-state index in [4.69, 9.17) is 4.74 Å². The van der Waals surface area contributed by atoms with Crippen molar-refractivity contribution >= 4 is 43.5 Å². The summed E-state index contributed by atoms with van der Waals surface area (Å²) in [5, 5.41) is 3.58. The van der Waals surface area contributed by atoms with Gasteiger partial charge in [-0.1, -0.05) is 15.9 Å². The predicted octanol–water partition coefficient (Wildman–Crippen LogP) is 3.50. The standard InChI is InChI=1S/C15H18Br2N2O2/c1-21-15(20)11-6-10(16)7-12(17)14(11)18-13-8-19-4-2-9(13)3-5-19/h6-7,9,13,18H,2-5,8H2,1H3. The molecule has 0 spiro atoms. The molecule has 0 amide bonds. The number of rotatable bonds is 3. The van der Waals surface area contributed by atoms with Gasteiger partial charge < -0.3 is 15.0 Å². The van der Waals surface area contributed by atoms with Crippen LogP contribution in [-0.4, -0.2) is 43.7 Å². The molecule has 3 aliphatic heterocycles. The molecule has 2 bridgehead atoms. The van der Waals surface area contributed by atoms with Crippen molar-refractivity contribution in [3.63, 3.8) is 0 Å². The Balaban J connectivity index is 1.89. The minimum atomic E-state index is -0.319. The van der Waals surface area contributed by atoms with Gasteiger partial charge in [-0.2, -0.15) is 0 Å². The molecule has 3 aliphatic rings. The third kappa shape index (κ3) is 3.12. The van der Waals surface area contributed by atoms with E-state index in [1.54, 1.807) is 6.07 Å². The maximum absolute atomic E-state index is 12.0. The van der Waals surface area contributed by atoms with E-state index >= 15 is 0 Å². The Kier molecular flexibility index (Phi) is 4.57. The summed E-state index contributed by atoms with van der Waals surface area (Å²) in [6, 6.07) is 4.16. The Hall–Kier alpha value is -0.590. The minimum absolute atomic E-state index is 0.319. The average molecular weight is 418 g/mol. The largest absolute Gasteiger partial charge is 0.465 e. The van der Waals surface area contributed by atoms with Crippen molar-refractivity contribution in [3.8, 4) is 0 Å². The smallest absolute Gasteiger partial charge is 0.340 e. The summed E-state index contributed by atoms with van der Waals surface area (Å²) in [5.41, 5.74) is 1.40. The van der Waals surface area contributed by atoms with Gasteiger partial charge >= 0.3 is 5.97 Å². The first kappa shape index (κ1) is 15.3. The molecule has 21 heavy (non-hydrogen) atoms. The van der Waals surface area contributed by atoms with Gasteiger partial charge in [-0.3, -0.25) is 0 Å². The minimum Gasteiger partial charge on any atom is -0.465 e. The summed E-state index contributed by atoms with van der Waals surface area (Å²) < 4.78 is 6.65. The fourth-order valence-corrected chi connectivity index (χ4v) is 4.64. The summed E-state index contributed by atoms with van der Waals surface area (Å²) in [7, 11) is 1.41. The maximum Gasteiger partial charge on any atom is 0.340 e. The number of halogens is 2. The molecule has 0 aromatic heterocycles. The van der Waals surface area contributed by atoms with Crippen molar-refractivity contribution in [2.45, 2.75) is 18.9 Å². The predicted molar refractivity (Wildman–Crippen MR) is 89.8 cm³/mol. The van der Waals surface area contributed by atoms with Crippen LogP contribution in [0, 0.1) is 5.92 Å². The molecule has 0 aliphatic carbocycles. The number of carbonyl (C=O) groups is 1. The van der Waals surface area contributed by atoms with Crippen molar-refractivity contribution in [2.24, 2.45) is 5.92 Å². The van der Waals surface area contributed by atoms with E-state index in [1.807, 2.05) is 6.07 Å². The first-order chi connectivity index (χ1) is 10.1. The highest BCUT2D eigenvalue weighted by Crippen LogP contribution is 2.35. The van der Waals surface area contributed by atoms with Crippen LogP contribution in [0.25, 0.3) is 0 Å². The molecule has 1 unspecified atom stereocenters. The van der Waals surface area contributed by atoms with Crippen LogP contribution in [0.2, 0.25) is 0 Å². The molecular weight excluding hydrogens is 400 g/mol. The zero-order chi connectivity index (χ0) is 15.0. The van der Waals surface area contributed by atoms with E-state index in [0.29, 0.717) is 17.5 Å². The molecule has 3 fully saturated rings. The lowest BCUT2D eigenvalue weighted by atomic mass is 9.84. The zero-order valence-electron chi connectivity index (χ0n) is 11.9. The molecule has 6 heteroatoms. The number of hydrogen-bond acceptors (Lipinski definition) is 4. The van der Waals surface area contributed by atoms with E-state index in [9.17, 15) is 4.79 Å². The van der Waals surface area contributed by atoms with Crippen molar-refractivity contribution in [3.05, 3.63) is 26.6 Å². The third-order valence-corrected chi connectivity index (χ3v) is 5.53. The second kappa shape index (κ2) is 6.26. The molecule has 0 radical (unpaired) electrons. The summed E-state index contributed by atoms with van der Waals surface area (Å²) >= 11 is 6.99. The van der Waals surface area contributed by atoms with E-state index in [0.717, 1.165) is 21.2 Å². The quantitative estimate of drug-likeness (QED) is 0.764. The van der Waals surface area contributed by atoms with E-state index in [2.05, 4.69) is 42.1 Å². The monoisotopic (exact) mass is 416 g/mol. The second-order valence-electron chi connectivity index (χ2n) is 5.69. The Morgan fingerprint density at radius 1 is 1.33 bits per heavy atom. The number of nitrogens with zero attached hydrogens (tertiary/aromatic N) is 1. The van der Waals surface area contributed by atoms with Gasteiger partial charge in [0.15, 0.2) is 0 Å². The van der Waals surface area contributed by atoms with Crippen LogP contribution in [0.3, 0.4) is 0 Å². The number of benzene rings is 1. The molecule has 3 saturated heterocycles. The van der Waals surface area contributed by atoms with Crippen molar-refractivity contribution in [2.75, 3.05) is 32.1 Å². The summed E-state index contributed by atoms with van der Waals surface area (Å²) in [5.74, 6) is 0.372. The fourth-order valence-electron chi connectivity index (χ4n) is 3.31. The molecule has 4 rings (SSSR count). The number of piperidine rings is 3. The zero-order valence-corrected chi connectivity index (χ0v) is 15.0. The van der Waals surface area contributed by atoms with Gasteiger partial charge in [0, 0.05) is 21.5 Å². The lowest BCUT2D eigenvalue weighted by molar-refractivity contribution is 0.0601.